The largest absolute Gasteiger partial charge is 0.416 e. The summed E-state index contributed by atoms with van der Waals surface area (Å²) in [5, 5.41) is 21.2. The van der Waals surface area contributed by atoms with Gasteiger partial charge in [0.25, 0.3) is 5.91 Å². The van der Waals surface area contributed by atoms with Crippen molar-refractivity contribution < 1.29 is 32.7 Å². The third-order valence-corrected chi connectivity index (χ3v) is 6.33. The van der Waals surface area contributed by atoms with Crippen LogP contribution in [0, 0.1) is 0 Å². The van der Waals surface area contributed by atoms with E-state index in [0.29, 0.717) is 38.5 Å². The molecule has 0 aromatic heterocycles. The van der Waals surface area contributed by atoms with Gasteiger partial charge in [-0.3, -0.25) is 9.59 Å². The lowest BCUT2D eigenvalue weighted by atomic mass is 10.1. The maximum atomic E-state index is 13.3. The van der Waals surface area contributed by atoms with Crippen molar-refractivity contribution in [2.45, 2.75) is 77.2 Å². The van der Waals surface area contributed by atoms with Gasteiger partial charge in [-0.25, -0.2) is 4.79 Å². The van der Waals surface area contributed by atoms with Crippen molar-refractivity contribution >= 4 is 23.5 Å². The van der Waals surface area contributed by atoms with E-state index in [9.17, 15) is 32.7 Å². The zero-order valence-corrected chi connectivity index (χ0v) is 21.6. The average Bonchev–Trinajstić information content (AvgIpc) is 3.39. The van der Waals surface area contributed by atoms with E-state index < -0.39 is 53.8 Å². The normalized spacial score (nSPS) is 16.1. The number of urea groups is 1. The molecule has 9 nitrogen and oxygen atoms in total. The predicted octanol–water partition coefficient (Wildman–Crippen LogP) is 3.10. The molecule has 1 aliphatic rings. The molecule has 4 amide bonds. The second-order valence-corrected chi connectivity index (χ2v) is 9.31. The molecule has 1 aromatic carbocycles. The molecule has 2 rings (SSSR count). The fourth-order valence-corrected chi connectivity index (χ4v) is 3.90. The molecular formula is C25H38F3N5O4. The molecular weight excluding hydrogens is 491 g/mol. The van der Waals surface area contributed by atoms with Crippen LogP contribution in [-0.4, -0.2) is 72.2 Å². The van der Waals surface area contributed by atoms with Crippen molar-refractivity contribution in [3.63, 3.8) is 0 Å². The lowest BCUT2D eigenvalue weighted by Gasteiger charge is -2.26. The Kier molecular flexibility index (Phi) is 11.6. The van der Waals surface area contributed by atoms with E-state index in [1.165, 1.54) is 4.90 Å². The Hall–Kier alpha value is -2.86. The van der Waals surface area contributed by atoms with Crippen LogP contribution in [-0.2, 0) is 11.0 Å². The highest BCUT2D eigenvalue weighted by Gasteiger charge is 2.32. The van der Waals surface area contributed by atoms with E-state index in [-0.39, 0.29) is 11.7 Å². The fraction of sp³-hybridized carbons (Fsp3) is 0.640. The third kappa shape index (κ3) is 9.51. The molecule has 0 saturated carbocycles. The number of anilines is 1. The SMILES string of the molecule is CCC[C@H](O)[C@H](CNC(C)CC)NC(=O)CNC(=O)c1cc(C(F)(F)F)ccc1NC(=O)N1CCCC1. The molecule has 0 bridgehead atoms. The molecule has 1 fully saturated rings. The topological polar surface area (TPSA) is 123 Å². The number of halogens is 3. The number of hydrogen-bond donors (Lipinski definition) is 5. The molecule has 0 spiro atoms. The van der Waals surface area contributed by atoms with Gasteiger partial charge in [0.15, 0.2) is 0 Å². The molecule has 37 heavy (non-hydrogen) atoms. The Balaban J connectivity index is 2.11. The van der Waals surface area contributed by atoms with Gasteiger partial charge in [-0.1, -0.05) is 20.3 Å². The standard InChI is InChI=1S/C25H38F3N5O4/c1-4-8-21(34)20(14-29-16(3)5-2)31-22(35)15-30-23(36)18-13-17(25(26,27)28)9-10-19(18)32-24(37)33-11-6-7-12-33/h9-10,13,16,20-21,29,34H,4-8,11-12,14-15H2,1-3H3,(H,30,36)(H,31,35)(H,32,37)/t16?,20-,21-/m0/s1. The molecule has 1 saturated heterocycles. The molecule has 1 heterocycles. The molecule has 3 atom stereocenters. The fourth-order valence-electron chi connectivity index (χ4n) is 3.90. The number of rotatable bonds is 12. The summed E-state index contributed by atoms with van der Waals surface area (Å²) in [5.74, 6) is -1.55. The number of carbonyl (C=O) groups excluding carboxylic acids is 3. The van der Waals surface area contributed by atoms with Crippen LogP contribution in [0.4, 0.5) is 23.7 Å². The van der Waals surface area contributed by atoms with Gasteiger partial charge in [0.05, 0.1) is 35.5 Å². The highest BCUT2D eigenvalue weighted by atomic mass is 19.4. The maximum Gasteiger partial charge on any atom is 0.416 e. The number of aliphatic hydroxyl groups is 1. The minimum absolute atomic E-state index is 0.0863. The van der Waals surface area contributed by atoms with Crippen LogP contribution in [0.1, 0.15) is 68.8 Å². The molecule has 5 N–H and O–H groups in total. The van der Waals surface area contributed by atoms with Crippen molar-refractivity contribution in [2.24, 2.45) is 0 Å². The lowest BCUT2D eigenvalue weighted by Crippen LogP contribution is -2.52. The number of likely N-dealkylation sites (tertiary alicyclic amines) is 1. The highest BCUT2D eigenvalue weighted by molar-refractivity contribution is 6.04. The van der Waals surface area contributed by atoms with Gasteiger partial charge < -0.3 is 31.3 Å². The Labute approximate surface area is 215 Å². The molecule has 0 aliphatic carbocycles. The van der Waals surface area contributed by atoms with Gasteiger partial charge in [-0.2, -0.15) is 13.2 Å². The molecule has 1 aliphatic heterocycles. The first-order valence-corrected chi connectivity index (χ1v) is 12.7. The number of benzene rings is 1. The van der Waals surface area contributed by atoms with Gasteiger partial charge in [-0.15, -0.1) is 0 Å². The first-order chi connectivity index (χ1) is 17.5. The maximum absolute atomic E-state index is 13.3. The van der Waals surface area contributed by atoms with E-state index in [0.717, 1.165) is 31.4 Å². The summed E-state index contributed by atoms with van der Waals surface area (Å²) in [6.45, 7) is 6.71. The first kappa shape index (κ1) is 30.4. The van der Waals surface area contributed by atoms with Crippen LogP contribution in [0.15, 0.2) is 18.2 Å². The summed E-state index contributed by atoms with van der Waals surface area (Å²) in [6.07, 6.45) is -1.84. The highest BCUT2D eigenvalue weighted by Crippen LogP contribution is 2.32. The van der Waals surface area contributed by atoms with Crippen LogP contribution >= 0.6 is 0 Å². The second kappa shape index (κ2) is 14.2. The Bertz CT molecular complexity index is 922. The van der Waals surface area contributed by atoms with Crippen LogP contribution < -0.4 is 21.3 Å². The summed E-state index contributed by atoms with van der Waals surface area (Å²) < 4.78 is 39.9. The molecule has 1 unspecified atom stereocenters. The summed E-state index contributed by atoms with van der Waals surface area (Å²) in [6, 6.07) is 1.52. The third-order valence-electron chi connectivity index (χ3n) is 6.33. The van der Waals surface area contributed by atoms with E-state index in [1.54, 1.807) is 0 Å². The average molecular weight is 530 g/mol. The van der Waals surface area contributed by atoms with Crippen LogP contribution in [0.3, 0.4) is 0 Å². The van der Waals surface area contributed by atoms with Crippen molar-refractivity contribution in [1.29, 1.82) is 0 Å². The Morgan fingerprint density at radius 3 is 2.41 bits per heavy atom. The lowest BCUT2D eigenvalue weighted by molar-refractivity contribution is -0.137. The smallest absolute Gasteiger partial charge is 0.391 e. The van der Waals surface area contributed by atoms with E-state index in [2.05, 4.69) is 21.3 Å². The minimum Gasteiger partial charge on any atom is -0.391 e. The number of nitrogens with one attached hydrogen (secondary N) is 4. The first-order valence-electron chi connectivity index (χ1n) is 12.7. The number of alkyl halides is 3. The summed E-state index contributed by atoms with van der Waals surface area (Å²) in [7, 11) is 0. The van der Waals surface area contributed by atoms with Crippen molar-refractivity contribution in [3.05, 3.63) is 29.3 Å². The quantitative estimate of drug-likeness (QED) is 0.285. The molecule has 0 radical (unpaired) electrons. The van der Waals surface area contributed by atoms with E-state index >= 15 is 0 Å². The van der Waals surface area contributed by atoms with E-state index in [1.807, 2.05) is 20.8 Å². The van der Waals surface area contributed by atoms with Gasteiger partial charge in [0, 0.05) is 25.7 Å². The number of aliphatic hydroxyl groups excluding tert-OH is 1. The van der Waals surface area contributed by atoms with Crippen LogP contribution in [0.5, 0.6) is 0 Å². The Morgan fingerprint density at radius 2 is 1.81 bits per heavy atom. The van der Waals surface area contributed by atoms with Crippen molar-refractivity contribution in [1.82, 2.24) is 20.9 Å². The minimum atomic E-state index is -4.70. The predicted molar refractivity (Wildman–Crippen MR) is 134 cm³/mol. The zero-order chi connectivity index (χ0) is 27.6. The van der Waals surface area contributed by atoms with Gasteiger partial charge in [-0.05, 0) is 50.8 Å². The van der Waals surface area contributed by atoms with Gasteiger partial charge in [0.2, 0.25) is 5.91 Å². The molecule has 208 valence electrons. The van der Waals surface area contributed by atoms with Crippen LogP contribution in [0.2, 0.25) is 0 Å². The van der Waals surface area contributed by atoms with Crippen LogP contribution in [0.25, 0.3) is 0 Å². The summed E-state index contributed by atoms with van der Waals surface area (Å²) in [5.41, 5.74) is -1.55. The summed E-state index contributed by atoms with van der Waals surface area (Å²) >= 11 is 0. The number of hydrogen-bond acceptors (Lipinski definition) is 5. The number of nitrogens with zero attached hydrogens (tertiary/aromatic N) is 1. The summed E-state index contributed by atoms with van der Waals surface area (Å²) in [4.78, 5) is 39.4. The second-order valence-electron chi connectivity index (χ2n) is 9.31. The van der Waals surface area contributed by atoms with E-state index in [4.69, 9.17) is 0 Å². The number of amides is 4. The number of carbonyl (C=O) groups is 3. The molecule has 1 aromatic rings. The van der Waals surface area contributed by atoms with Gasteiger partial charge in [0.1, 0.15) is 0 Å². The van der Waals surface area contributed by atoms with Crippen molar-refractivity contribution in [2.75, 3.05) is 31.5 Å². The zero-order valence-electron chi connectivity index (χ0n) is 21.6. The monoisotopic (exact) mass is 529 g/mol. The Morgan fingerprint density at radius 1 is 1.14 bits per heavy atom. The molecule has 12 heteroatoms. The van der Waals surface area contributed by atoms with Crippen molar-refractivity contribution in [3.8, 4) is 0 Å². The van der Waals surface area contributed by atoms with Gasteiger partial charge >= 0.3 is 12.2 Å².